The molecule has 98 valence electrons. The van der Waals surface area contributed by atoms with Crippen LogP contribution in [-0.2, 0) is 6.54 Å². The number of anilines is 1. The molecule has 0 aliphatic carbocycles. The van der Waals surface area contributed by atoms with Gasteiger partial charge < -0.3 is 11.1 Å². The lowest BCUT2D eigenvalue weighted by Crippen LogP contribution is -2.13. The minimum absolute atomic E-state index is 0.323. The molecule has 19 heavy (non-hydrogen) atoms. The van der Waals surface area contributed by atoms with E-state index in [1.54, 1.807) is 25.3 Å². The molecular weight excluding hydrogens is 245 g/mol. The molecular formula is C14H14FN3O. The summed E-state index contributed by atoms with van der Waals surface area (Å²) in [5.41, 5.74) is 7.17. The molecule has 1 heterocycles. The van der Waals surface area contributed by atoms with Crippen molar-refractivity contribution in [2.24, 2.45) is 5.73 Å². The van der Waals surface area contributed by atoms with Crippen LogP contribution in [0.2, 0.25) is 0 Å². The minimum atomic E-state index is -0.332. The van der Waals surface area contributed by atoms with Gasteiger partial charge in [0.1, 0.15) is 11.6 Å². The smallest absolute Gasteiger partial charge is 0.256 e. The Hall–Kier alpha value is -2.27. The second kappa shape index (κ2) is 5.58. The number of nitrogens with zero attached hydrogens (tertiary/aromatic N) is 1. The summed E-state index contributed by atoms with van der Waals surface area (Å²) in [6.07, 6.45) is 1.60. The van der Waals surface area contributed by atoms with Crippen LogP contribution in [0.4, 0.5) is 10.2 Å². The van der Waals surface area contributed by atoms with Crippen LogP contribution in [-0.4, -0.2) is 10.9 Å². The third kappa shape index (κ3) is 3.14. The number of rotatable bonds is 3. The van der Waals surface area contributed by atoms with Crippen molar-refractivity contribution in [3.8, 4) is 0 Å². The maximum absolute atomic E-state index is 13.1. The van der Waals surface area contributed by atoms with Crippen molar-refractivity contribution in [2.45, 2.75) is 13.5 Å². The number of carbonyl (C=O) groups is 1. The standard InChI is InChI=1S/C14H14FN3O/c1-9-6-11(3-4-12(9)15)14(19)18-13-5-2-10(7-16)8-17-13/h2-6,8H,7,16H2,1H3,(H,17,18,19). The molecule has 5 heteroatoms. The van der Waals surface area contributed by atoms with Gasteiger partial charge in [-0.3, -0.25) is 4.79 Å². The monoisotopic (exact) mass is 259 g/mol. The Labute approximate surface area is 110 Å². The Morgan fingerprint density at radius 3 is 2.74 bits per heavy atom. The molecule has 0 aliphatic rings. The zero-order chi connectivity index (χ0) is 13.8. The van der Waals surface area contributed by atoms with Crippen molar-refractivity contribution in [2.75, 3.05) is 5.32 Å². The molecule has 0 radical (unpaired) electrons. The fourth-order valence-corrected chi connectivity index (χ4v) is 1.59. The molecule has 2 rings (SSSR count). The van der Waals surface area contributed by atoms with Gasteiger partial charge in [-0.25, -0.2) is 9.37 Å². The third-order valence-electron chi connectivity index (χ3n) is 2.72. The van der Waals surface area contributed by atoms with Crippen molar-refractivity contribution >= 4 is 11.7 Å². The molecule has 0 saturated carbocycles. The van der Waals surface area contributed by atoms with Gasteiger partial charge in [0.15, 0.2) is 0 Å². The molecule has 0 atom stereocenters. The largest absolute Gasteiger partial charge is 0.326 e. The highest BCUT2D eigenvalue weighted by atomic mass is 19.1. The first kappa shape index (κ1) is 13.2. The number of carbonyl (C=O) groups excluding carboxylic acids is 1. The van der Waals surface area contributed by atoms with Crippen molar-refractivity contribution in [1.29, 1.82) is 0 Å². The average Bonchev–Trinajstić information content (AvgIpc) is 2.42. The van der Waals surface area contributed by atoms with E-state index in [2.05, 4.69) is 10.3 Å². The number of hydrogen-bond donors (Lipinski definition) is 2. The van der Waals surface area contributed by atoms with E-state index in [0.29, 0.717) is 23.5 Å². The molecule has 2 aromatic rings. The van der Waals surface area contributed by atoms with E-state index in [1.165, 1.54) is 18.2 Å². The fraction of sp³-hybridized carbons (Fsp3) is 0.143. The van der Waals surface area contributed by atoms with E-state index >= 15 is 0 Å². The Morgan fingerprint density at radius 1 is 1.37 bits per heavy atom. The van der Waals surface area contributed by atoms with Gasteiger partial charge in [0, 0.05) is 18.3 Å². The maximum Gasteiger partial charge on any atom is 0.256 e. The number of aromatic nitrogens is 1. The van der Waals surface area contributed by atoms with E-state index < -0.39 is 0 Å². The number of benzene rings is 1. The van der Waals surface area contributed by atoms with Gasteiger partial charge in [-0.05, 0) is 42.3 Å². The molecule has 4 nitrogen and oxygen atoms in total. The number of nitrogens with two attached hydrogens (primary N) is 1. The van der Waals surface area contributed by atoms with E-state index in [-0.39, 0.29) is 11.7 Å². The molecule has 0 aliphatic heterocycles. The van der Waals surface area contributed by atoms with Gasteiger partial charge in [-0.2, -0.15) is 0 Å². The Morgan fingerprint density at radius 2 is 2.16 bits per heavy atom. The summed E-state index contributed by atoms with van der Waals surface area (Å²) in [5, 5.41) is 2.64. The number of halogens is 1. The lowest BCUT2D eigenvalue weighted by Gasteiger charge is -2.06. The van der Waals surface area contributed by atoms with Crippen LogP contribution in [0.3, 0.4) is 0 Å². The van der Waals surface area contributed by atoms with Crippen molar-refractivity contribution < 1.29 is 9.18 Å². The van der Waals surface area contributed by atoms with E-state index in [9.17, 15) is 9.18 Å². The van der Waals surface area contributed by atoms with Crippen LogP contribution in [0.1, 0.15) is 21.5 Å². The zero-order valence-electron chi connectivity index (χ0n) is 10.5. The van der Waals surface area contributed by atoms with Crippen LogP contribution in [0.15, 0.2) is 36.5 Å². The molecule has 0 fully saturated rings. The molecule has 0 bridgehead atoms. The van der Waals surface area contributed by atoms with Gasteiger partial charge in [-0.1, -0.05) is 6.07 Å². The van der Waals surface area contributed by atoms with E-state index in [0.717, 1.165) is 5.56 Å². The Kier molecular flexibility index (Phi) is 3.87. The predicted molar refractivity (Wildman–Crippen MR) is 71.2 cm³/mol. The topological polar surface area (TPSA) is 68.0 Å². The van der Waals surface area contributed by atoms with Gasteiger partial charge >= 0.3 is 0 Å². The van der Waals surface area contributed by atoms with Crippen LogP contribution in [0.25, 0.3) is 0 Å². The number of aryl methyl sites for hydroxylation is 1. The van der Waals surface area contributed by atoms with Crippen LogP contribution in [0, 0.1) is 12.7 Å². The van der Waals surface area contributed by atoms with Gasteiger partial charge in [0.25, 0.3) is 5.91 Å². The highest BCUT2D eigenvalue weighted by molar-refractivity contribution is 6.03. The lowest BCUT2D eigenvalue weighted by molar-refractivity contribution is 0.102. The summed E-state index contributed by atoms with van der Waals surface area (Å²) in [7, 11) is 0. The summed E-state index contributed by atoms with van der Waals surface area (Å²) >= 11 is 0. The first-order chi connectivity index (χ1) is 9.10. The number of nitrogens with one attached hydrogen (secondary N) is 1. The van der Waals surface area contributed by atoms with Crippen LogP contribution < -0.4 is 11.1 Å². The summed E-state index contributed by atoms with van der Waals surface area (Å²) in [6.45, 7) is 2.01. The van der Waals surface area contributed by atoms with Crippen molar-refractivity contribution in [3.63, 3.8) is 0 Å². The first-order valence-corrected chi connectivity index (χ1v) is 5.82. The molecule has 3 N–H and O–H groups in total. The van der Waals surface area contributed by atoms with Gasteiger partial charge in [-0.15, -0.1) is 0 Å². The summed E-state index contributed by atoms with van der Waals surface area (Å²) in [4.78, 5) is 16.0. The zero-order valence-corrected chi connectivity index (χ0v) is 10.5. The van der Waals surface area contributed by atoms with E-state index in [4.69, 9.17) is 5.73 Å². The van der Waals surface area contributed by atoms with E-state index in [1.807, 2.05) is 0 Å². The highest BCUT2D eigenvalue weighted by Crippen LogP contribution is 2.11. The molecule has 0 spiro atoms. The molecule has 1 amide bonds. The van der Waals surface area contributed by atoms with Gasteiger partial charge in [0.2, 0.25) is 0 Å². The number of pyridine rings is 1. The number of hydrogen-bond acceptors (Lipinski definition) is 3. The summed E-state index contributed by atoms with van der Waals surface area (Å²) < 4.78 is 13.1. The molecule has 0 unspecified atom stereocenters. The molecule has 1 aromatic heterocycles. The maximum atomic E-state index is 13.1. The summed E-state index contributed by atoms with van der Waals surface area (Å²) in [5.74, 6) is -0.220. The average molecular weight is 259 g/mol. The third-order valence-corrected chi connectivity index (χ3v) is 2.72. The second-order valence-electron chi connectivity index (χ2n) is 4.17. The highest BCUT2D eigenvalue weighted by Gasteiger charge is 2.08. The molecule has 1 aromatic carbocycles. The predicted octanol–water partition coefficient (Wildman–Crippen LogP) is 2.24. The summed E-state index contributed by atoms with van der Waals surface area (Å²) in [6, 6.07) is 7.68. The van der Waals surface area contributed by atoms with Crippen molar-refractivity contribution in [3.05, 3.63) is 59.0 Å². The van der Waals surface area contributed by atoms with Crippen LogP contribution >= 0.6 is 0 Å². The van der Waals surface area contributed by atoms with Gasteiger partial charge in [0.05, 0.1) is 0 Å². The SMILES string of the molecule is Cc1cc(C(=O)Nc2ccc(CN)cn2)ccc1F. The normalized spacial score (nSPS) is 10.3. The minimum Gasteiger partial charge on any atom is -0.326 e. The molecule has 0 saturated heterocycles. The van der Waals surface area contributed by atoms with Crippen LogP contribution in [0.5, 0.6) is 0 Å². The quantitative estimate of drug-likeness (QED) is 0.888. The first-order valence-electron chi connectivity index (χ1n) is 5.82. The Bertz CT molecular complexity index is 596. The number of amides is 1. The Balaban J connectivity index is 2.13. The van der Waals surface area contributed by atoms with Crippen molar-refractivity contribution in [1.82, 2.24) is 4.98 Å². The fourth-order valence-electron chi connectivity index (χ4n) is 1.59. The second-order valence-corrected chi connectivity index (χ2v) is 4.17. The lowest BCUT2D eigenvalue weighted by atomic mass is 10.1.